The second kappa shape index (κ2) is 27.9. The highest BCUT2D eigenvalue weighted by Crippen LogP contribution is 2.10. The zero-order valence-corrected chi connectivity index (χ0v) is 26.6. The minimum absolute atomic E-state index is 0.0232. The molecule has 0 aliphatic carbocycles. The summed E-state index contributed by atoms with van der Waals surface area (Å²) in [6, 6.07) is -1.55. The van der Waals surface area contributed by atoms with Crippen LogP contribution >= 0.6 is 0 Å². The summed E-state index contributed by atoms with van der Waals surface area (Å²) in [5.41, 5.74) is 0. The molecule has 7 N–H and O–H groups in total. The van der Waals surface area contributed by atoms with Gasteiger partial charge in [0.2, 0.25) is 17.7 Å². The molecular weight excluding hydrogens is 554 g/mol. The molecule has 43 heavy (non-hydrogen) atoms. The van der Waals surface area contributed by atoms with Crippen LogP contribution in [-0.2, 0) is 19.2 Å². The maximum Gasteiger partial charge on any atom is 0.404 e. The Kier molecular flexibility index (Phi) is 26.0. The molecule has 0 aliphatic rings. The van der Waals surface area contributed by atoms with E-state index >= 15 is 0 Å². The first-order valence-electron chi connectivity index (χ1n) is 16.4. The number of amides is 4. The lowest BCUT2D eigenvalue weighted by Gasteiger charge is -2.22. The van der Waals surface area contributed by atoms with E-state index in [-0.39, 0.29) is 25.3 Å². The second-order valence-electron chi connectivity index (χ2n) is 11.2. The Morgan fingerprint density at radius 1 is 0.558 bits per heavy atom. The smallest absolute Gasteiger partial charge is 0.404 e. The van der Waals surface area contributed by atoms with Crippen molar-refractivity contribution in [2.24, 2.45) is 0 Å². The van der Waals surface area contributed by atoms with Crippen molar-refractivity contribution in [2.45, 2.75) is 141 Å². The molecule has 0 bridgehead atoms. The minimum atomic E-state index is -1.10. The molecule has 12 nitrogen and oxygen atoms in total. The molecule has 0 aromatic heterocycles. The van der Waals surface area contributed by atoms with Crippen LogP contribution in [0.4, 0.5) is 4.79 Å². The fourth-order valence-corrected chi connectivity index (χ4v) is 4.74. The van der Waals surface area contributed by atoms with E-state index in [1.165, 1.54) is 44.9 Å². The first-order valence-corrected chi connectivity index (χ1v) is 16.4. The third-order valence-electron chi connectivity index (χ3n) is 7.37. The average molecular weight is 614 g/mol. The van der Waals surface area contributed by atoms with E-state index < -0.39 is 36.0 Å². The summed E-state index contributed by atoms with van der Waals surface area (Å²) < 4.78 is 0. The Hall–Kier alpha value is -2.89. The van der Waals surface area contributed by atoms with Gasteiger partial charge in [-0.05, 0) is 52.0 Å². The molecule has 2 atom stereocenters. The Balaban J connectivity index is 4.12. The molecule has 0 heterocycles. The second-order valence-corrected chi connectivity index (χ2v) is 11.2. The molecule has 4 amide bonds. The first-order chi connectivity index (χ1) is 20.7. The summed E-state index contributed by atoms with van der Waals surface area (Å²) in [7, 11) is 1.62. The molecule has 0 saturated carbocycles. The van der Waals surface area contributed by atoms with Crippen molar-refractivity contribution in [2.75, 3.05) is 26.7 Å². The number of carbonyl (C=O) groups excluding carboxylic acids is 3. The fraction of sp³-hybridized carbons (Fsp3) is 0.839. The summed E-state index contributed by atoms with van der Waals surface area (Å²) in [5.74, 6) is -1.76. The third kappa shape index (κ3) is 25.3. The number of carboxylic acids is 1. The summed E-state index contributed by atoms with van der Waals surface area (Å²) in [6.07, 6.45) is 15.3. The molecule has 0 aromatic carbocycles. The molecule has 0 rings (SSSR count). The number of unbranched alkanes of at least 4 members (excludes halogenated alkanes) is 12. The number of hydrogen-bond donors (Lipinski definition) is 7. The average Bonchev–Trinajstić information content (AvgIpc) is 2.97. The van der Waals surface area contributed by atoms with Gasteiger partial charge < -0.3 is 36.8 Å². The Bertz CT molecular complexity index is 782. The summed E-state index contributed by atoms with van der Waals surface area (Å²) in [6.45, 7) is 3.57. The van der Waals surface area contributed by atoms with E-state index in [0.717, 1.165) is 38.5 Å². The van der Waals surface area contributed by atoms with Crippen molar-refractivity contribution in [3.63, 3.8) is 0 Å². The Labute approximate surface area is 258 Å². The quantitative estimate of drug-likeness (QED) is 0.0615. The number of nitrogens with one attached hydrogen (secondary N) is 5. The van der Waals surface area contributed by atoms with E-state index in [2.05, 4.69) is 33.5 Å². The van der Waals surface area contributed by atoms with Crippen molar-refractivity contribution in [1.82, 2.24) is 26.6 Å². The zero-order chi connectivity index (χ0) is 32.1. The zero-order valence-electron chi connectivity index (χ0n) is 26.6. The van der Waals surface area contributed by atoms with Crippen LogP contribution < -0.4 is 26.6 Å². The first kappa shape index (κ1) is 40.1. The molecule has 0 spiro atoms. The normalized spacial score (nSPS) is 12.2. The number of likely N-dealkylation sites (N-methyl/N-ethyl adjacent to an activating group) is 1. The van der Waals surface area contributed by atoms with E-state index in [1.807, 2.05) is 0 Å². The standard InChI is InChI=1S/C31H59N5O7/c1-3-4-5-6-7-8-9-10-13-19-27(37)33-22-15-11-12-16-23-34-29(40)26(20-21-28(38)39)36-30(41)25(32-2)18-14-17-24-35-31(42)43/h25-26,32,35H,3-24H2,1-2H3,(H,33,37)(H,34,40)(H,36,41)(H,38,39)(H,42,43). The molecule has 2 unspecified atom stereocenters. The molecule has 0 fully saturated rings. The van der Waals surface area contributed by atoms with Crippen molar-refractivity contribution in [3.8, 4) is 0 Å². The van der Waals surface area contributed by atoms with Crippen LogP contribution in [-0.4, -0.2) is 78.8 Å². The summed E-state index contributed by atoms with van der Waals surface area (Å²) in [4.78, 5) is 59.1. The molecule has 0 aromatic rings. The number of carbonyl (C=O) groups is 5. The Morgan fingerprint density at radius 3 is 1.67 bits per heavy atom. The van der Waals surface area contributed by atoms with Crippen LogP contribution in [0.5, 0.6) is 0 Å². The van der Waals surface area contributed by atoms with Gasteiger partial charge in [0.05, 0.1) is 6.04 Å². The number of rotatable bonds is 29. The predicted octanol–water partition coefficient (Wildman–Crippen LogP) is 4.08. The van der Waals surface area contributed by atoms with Crippen LogP contribution in [0.3, 0.4) is 0 Å². The van der Waals surface area contributed by atoms with Crippen molar-refractivity contribution in [1.29, 1.82) is 0 Å². The lowest BCUT2D eigenvalue weighted by Crippen LogP contribution is -2.52. The summed E-state index contributed by atoms with van der Waals surface area (Å²) >= 11 is 0. The van der Waals surface area contributed by atoms with Gasteiger partial charge in [0.15, 0.2) is 0 Å². The number of carboxylic acid groups (broad SMARTS) is 2. The Morgan fingerprint density at radius 2 is 1.09 bits per heavy atom. The highest BCUT2D eigenvalue weighted by molar-refractivity contribution is 5.90. The van der Waals surface area contributed by atoms with Crippen LogP contribution in [0.1, 0.15) is 129 Å². The number of hydrogen-bond acceptors (Lipinski definition) is 6. The van der Waals surface area contributed by atoms with Gasteiger partial charge in [-0.3, -0.25) is 19.2 Å². The molecular formula is C31H59N5O7. The predicted molar refractivity (Wildman–Crippen MR) is 168 cm³/mol. The maximum atomic E-state index is 12.7. The van der Waals surface area contributed by atoms with Crippen LogP contribution in [0.15, 0.2) is 0 Å². The maximum absolute atomic E-state index is 12.7. The molecule has 0 saturated heterocycles. The lowest BCUT2D eigenvalue weighted by molar-refractivity contribution is -0.138. The van der Waals surface area contributed by atoms with Gasteiger partial charge >= 0.3 is 12.1 Å². The molecule has 12 heteroatoms. The molecule has 250 valence electrons. The van der Waals surface area contributed by atoms with Gasteiger partial charge in [0.25, 0.3) is 0 Å². The van der Waals surface area contributed by atoms with E-state index in [9.17, 15) is 24.0 Å². The van der Waals surface area contributed by atoms with Gasteiger partial charge in [0.1, 0.15) is 6.04 Å². The van der Waals surface area contributed by atoms with Gasteiger partial charge in [-0.1, -0.05) is 71.1 Å². The van der Waals surface area contributed by atoms with E-state index in [1.54, 1.807) is 7.05 Å². The lowest BCUT2D eigenvalue weighted by atomic mass is 10.1. The van der Waals surface area contributed by atoms with Gasteiger partial charge in [-0.25, -0.2) is 4.79 Å². The van der Waals surface area contributed by atoms with E-state index in [4.69, 9.17) is 10.2 Å². The van der Waals surface area contributed by atoms with Gasteiger partial charge in [-0.2, -0.15) is 0 Å². The van der Waals surface area contributed by atoms with Gasteiger partial charge in [-0.15, -0.1) is 0 Å². The monoisotopic (exact) mass is 613 g/mol. The van der Waals surface area contributed by atoms with Crippen molar-refractivity contribution in [3.05, 3.63) is 0 Å². The van der Waals surface area contributed by atoms with Gasteiger partial charge in [0, 0.05) is 32.5 Å². The van der Waals surface area contributed by atoms with Crippen LogP contribution in [0, 0.1) is 0 Å². The van der Waals surface area contributed by atoms with Crippen LogP contribution in [0.25, 0.3) is 0 Å². The molecule has 0 aliphatic heterocycles. The molecule has 0 radical (unpaired) electrons. The minimum Gasteiger partial charge on any atom is -0.481 e. The third-order valence-corrected chi connectivity index (χ3v) is 7.37. The van der Waals surface area contributed by atoms with Crippen LogP contribution in [0.2, 0.25) is 0 Å². The highest BCUT2D eigenvalue weighted by atomic mass is 16.4. The van der Waals surface area contributed by atoms with Crippen molar-refractivity contribution < 1.29 is 34.2 Å². The number of aliphatic carboxylic acids is 1. The SMILES string of the molecule is CCCCCCCCCCCC(=O)NCCCCCCNC(=O)C(CCC(=O)O)NC(=O)C(CCCCNC(=O)O)NC. The largest absolute Gasteiger partial charge is 0.481 e. The van der Waals surface area contributed by atoms with Crippen molar-refractivity contribution >= 4 is 29.8 Å². The summed E-state index contributed by atoms with van der Waals surface area (Å²) in [5, 5.41) is 31.3. The fourth-order valence-electron chi connectivity index (χ4n) is 4.74. The van der Waals surface area contributed by atoms with E-state index in [0.29, 0.717) is 38.8 Å². The highest BCUT2D eigenvalue weighted by Gasteiger charge is 2.25. The topological polar surface area (TPSA) is 186 Å².